The quantitative estimate of drug-likeness (QED) is 0.369. The number of carbonyl (C=O) groups is 2. The lowest BCUT2D eigenvalue weighted by atomic mass is 10.0. The summed E-state index contributed by atoms with van der Waals surface area (Å²) in [7, 11) is 1.41. The molecule has 0 saturated carbocycles. The number of rotatable bonds is 8. The smallest absolute Gasteiger partial charge is 0.334 e. The molecule has 6 nitrogen and oxygen atoms in total. The fourth-order valence-corrected chi connectivity index (χ4v) is 5.94. The first kappa shape index (κ1) is 26.0. The number of benzene rings is 1. The molecule has 1 unspecified atom stereocenters. The number of hydrogen-bond donors (Lipinski definition) is 0. The van der Waals surface area contributed by atoms with Crippen molar-refractivity contribution in [3.63, 3.8) is 0 Å². The molecule has 2 fully saturated rings. The third-order valence-corrected chi connectivity index (χ3v) is 8.10. The molecule has 0 radical (unpaired) electrons. The monoisotopic (exact) mass is 515 g/mol. The summed E-state index contributed by atoms with van der Waals surface area (Å²) in [5.41, 5.74) is 1.76. The van der Waals surface area contributed by atoms with Crippen LogP contribution in [0.2, 0.25) is 5.02 Å². The summed E-state index contributed by atoms with van der Waals surface area (Å²) in [4.78, 5) is 30.5. The molecule has 1 aromatic rings. The second kappa shape index (κ2) is 12.8. The summed E-state index contributed by atoms with van der Waals surface area (Å²) in [6.45, 7) is 4.86. The molecule has 3 aliphatic rings. The van der Waals surface area contributed by atoms with Crippen LogP contribution in [0, 0.1) is 0 Å². The Hall–Kier alpha value is -2.06. The Kier molecular flexibility index (Phi) is 9.49. The highest BCUT2D eigenvalue weighted by Crippen LogP contribution is 2.31. The molecule has 1 atom stereocenters. The molecule has 2 saturated heterocycles. The van der Waals surface area contributed by atoms with Gasteiger partial charge in [0, 0.05) is 41.2 Å². The molecular weight excluding hydrogens is 482 g/mol. The van der Waals surface area contributed by atoms with E-state index in [-0.39, 0.29) is 17.9 Å². The van der Waals surface area contributed by atoms with Crippen molar-refractivity contribution < 1.29 is 14.3 Å². The third-order valence-electron chi connectivity index (χ3n) is 6.70. The van der Waals surface area contributed by atoms with Gasteiger partial charge >= 0.3 is 5.97 Å². The minimum Gasteiger partial charge on any atom is -0.466 e. The molecular formula is C27H34ClN3O3S. The summed E-state index contributed by atoms with van der Waals surface area (Å²) in [6, 6.07) is 8.11. The minimum atomic E-state index is -0.293. The summed E-state index contributed by atoms with van der Waals surface area (Å²) < 4.78 is 7.27. The van der Waals surface area contributed by atoms with Gasteiger partial charge in [0.25, 0.3) is 0 Å². The highest BCUT2D eigenvalue weighted by Gasteiger charge is 2.30. The van der Waals surface area contributed by atoms with Crippen LogP contribution in [-0.4, -0.2) is 78.4 Å². The zero-order valence-electron chi connectivity index (χ0n) is 20.3. The lowest BCUT2D eigenvalue weighted by Gasteiger charge is -2.39. The molecule has 0 spiro atoms. The standard InChI is InChI=1S/C27H34ClN3O3S/c1-34-27(33)22-7-4-6-21(9-10-22)18-31(35-25-13-11-23(28)12-14-25)24-8-5-17-30(19-24)26(32)20-29-15-2-3-16-29/h4,6,9-14,24H,2-3,5,7-8,15-20H2,1H3. The number of halogens is 1. The van der Waals surface area contributed by atoms with Crippen molar-refractivity contribution in [2.75, 3.05) is 46.4 Å². The average molecular weight is 516 g/mol. The Morgan fingerprint density at radius 3 is 2.63 bits per heavy atom. The maximum absolute atomic E-state index is 13.1. The zero-order valence-corrected chi connectivity index (χ0v) is 21.9. The van der Waals surface area contributed by atoms with Gasteiger partial charge in [-0.2, -0.15) is 0 Å². The number of esters is 1. The van der Waals surface area contributed by atoms with Gasteiger partial charge in [-0.1, -0.05) is 35.9 Å². The van der Waals surface area contributed by atoms with Crippen LogP contribution in [0.4, 0.5) is 0 Å². The maximum atomic E-state index is 13.1. The van der Waals surface area contributed by atoms with Crippen molar-refractivity contribution >= 4 is 35.4 Å². The first-order chi connectivity index (χ1) is 17.0. The molecule has 35 heavy (non-hydrogen) atoms. The number of ether oxygens (including phenoxy) is 1. The fraction of sp³-hybridized carbons (Fsp3) is 0.481. The molecule has 8 heteroatoms. The predicted molar refractivity (Wildman–Crippen MR) is 141 cm³/mol. The number of methoxy groups -OCH3 is 1. The van der Waals surface area contributed by atoms with Gasteiger partial charge in [0.15, 0.2) is 0 Å². The number of hydrogen-bond acceptors (Lipinski definition) is 6. The number of carbonyl (C=O) groups excluding carboxylic acids is 2. The van der Waals surface area contributed by atoms with E-state index in [1.165, 1.54) is 20.0 Å². The Labute approximate surface area is 217 Å². The molecule has 4 rings (SSSR count). The molecule has 1 aliphatic carbocycles. The Morgan fingerprint density at radius 1 is 1.11 bits per heavy atom. The molecule has 0 N–H and O–H groups in total. The van der Waals surface area contributed by atoms with E-state index < -0.39 is 0 Å². The van der Waals surface area contributed by atoms with E-state index in [9.17, 15) is 9.59 Å². The van der Waals surface area contributed by atoms with Gasteiger partial charge in [-0.25, -0.2) is 9.10 Å². The molecule has 1 amide bonds. The Balaban J connectivity index is 1.49. The van der Waals surface area contributed by atoms with Crippen LogP contribution in [0.3, 0.4) is 0 Å². The number of nitrogens with zero attached hydrogens (tertiary/aromatic N) is 3. The Morgan fingerprint density at radius 2 is 1.89 bits per heavy atom. The van der Waals surface area contributed by atoms with Crippen LogP contribution in [0.5, 0.6) is 0 Å². The van der Waals surface area contributed by atoms with E-state index in [0.717, 1.165) is 49.5 Å². The van der Waals surface area contributed by atoms with E-state index in [1.54, 1.807) is 11.9 Å². The van der Waals surface area contributed by atoms with Crippen molar-refractivity contribution in [2.24, 2.45) is 0 Å². The summed E-state index contributed by atoms with van der Waals surface area (Å²) >= 11 is 7.81. The van der Waals surface area contributed by atoms with Gasteiger partial charge in [0.05, 0.1) is 13.7 Å². The number of piperidine rings is 1. The molecule has 2 aliphatic heterocycles. The van der Waals surface area contributed by atoms with Crippen molar-refractivity contribution in [2.45, 2.75) is 43.0 Å². The largest absolute Gasteiger partial charge is 0.466 e. The first-order valence-corrected chi connectivity index (χ1v) is 13.5. The predicted octanol–water partition coefficient (Wildman–Crippen LogP) is 4.72. The van der Waals surface area contributed by atoms with E-state index in [4.69, 9.17) is 16.3 Å². The summed E-state index contributed by atoms with van der Waals surface area (Å²) in [5, 5.41) is 0.715. The van der Waals surface area contributed by atoms with Crippen LogP contribution in [0.1, 0.15) is 32.1 Å². The lowest BCUT2D eigenvalue weighted by Crippen LogP contribution is -2.50. The maximum Gasteiger partial charge on any atom is 0.334 e. The van der Waals surface area contributed by atoms with Gasteiger partial charge < -0.3 is 9.64 Å². The van der Waals surface area contributed by atoms with E-state index >= 15 is 0 Å². The first-order valence-electron chi connectivity index (χ1n) is 12.4. The molecule has 1 aromatic carbocycles. The van der Waals surface area contributed by atoms with E-state index in [2.05, 4.69) is 20.2 Å². The van der Waals surface area contributed by atoms with E-state index in [0.29, 0.717) is 30.1 Å². The minimum absolute atomic E-state index is 0.230. The van der Waals surface area contributed by atoms with Gasteiger partial charge in [0.1, 0.15) is 0 Å². The normalized spacial score (nSPS) is 21.0. The third kappa shape index (κ3) is 7.46. The van der Waals surface area contributed by atoms with Crippen molar-refractivity contribution in [1.29, 1.82) is 0 Å². The van der Waals surface area contributed by atoms with Crippen LogP contribution in [0.25, 0.3) is 0 Å². The van der Waals surface area contributed by atoms with Gasteiger partial charge in [-0.3, -0.25) is 9.69 Å². The summed E-state index contributed by atoms with van der Waals surface area (Å²) in [5.74, 6) is -0.0498. The van der Waals surface area contributed by atoms with Crippen LogP contribution in [-0.2, 0) is 14.3 Å². The molecule has 0 bridgehead atoms. The van der Waals surface area contributed by atoms with Crippen LogP contribution >= 0.6 is 23.5 Å². The lowest BCUT2D eigenvalue weighted by molar-refractivity contribution is -0.136. The van der Waals surface area contributed by atoms with Crippen LogP contribution < -0.4 is 0 Å². The number of allylic oxidation sites excluding steroid dienone is 3. The highest BCUT2D eigenvalue weighted by molar-refractivity contribution is 7.97. The SMILES string of the molecule is COC(=O)C1=CC=C(CN(Sc2ccc(Cl)cc2)C2CCCN(C(=O)CN3CCCC3)C2)C=CC1. The van der Waals surface area contributed by atoms with Crippen LogP contribution in [0.15, 0.2) is 64.6 Å². The van der Waals surface area contributed by atoms with Gasteiger partial charge in [0.2, 0.25) is 5.91 Å². The molecule has 0 aromatic heterocycles. The fourth-order valence-electron chi connectivity index (χ4n) is 4.75. The van der Waals surface area contributed by atoms with Crippen molar-refractivity contribution in [1.82, 2.24) is 14.1 Å². The van der Waals surface area contributed by atoms with Gasteiger partial charge in [-0.05, 0) is 87.0 Å². The van der Waals surface area contributed by atoms with Crippen molar-refractivity contribution in [3.05, 3.63) is 64.7 Å². The second-order valence-electron chi connectivity index (χ2n) is 9.27. The van der Waals surface area contributed by atoms with Crippen molar-refractivity contribution in [3.8, 4) is 0 Å². The summed E-state index contributed by atoms with van der Waals surface area (Å²) in [6.07, 6.45) is 12.9. The highest BCUT2D eigenvalue weighted by atomic mass is 35.5. The van der Waals surface area contributed by atoms with Gasteiger partial charge in [-0.15, -0.1) is 0 Å². The Bertz CT molecular complexity index is 986. The zero-order chi connectivity index (χ0) is 24.6. The number of amides is 1. The molecule has 2 heterocycles. The second-order valence-corrected chi connectivity index (χ2v) is 10.8. The van der Waals surface area contributed by atoms with E-state index in [1.807, 2.05) is 42.5 Å². The topological polar surface area (TPSA) is 53.1 Å². The molecule has 188 valence electrons. The number of likely N-dealkylation sites (tertiary alicyclic amines) is 2. The average Bonchev–Trinajstić information content (AvgIpc) is 3.28.